The molecule has 0 spiro atoms. The van der Waals surface area contributed by atoms with Crippen molar-refractivity contribution in [1.29, 1.82) is 0 Å². The Morgan fingerprint density at radius 1 is 1.25 bits per heavy atom. The van der Waals surface area contributed by atoms with Gasteiger partial charge in [0, 0.05) is 6.04 Å². The average Bonchev–Trinajstić information content (AvgIpc) is 2.70. The van der Waals surface area contributed by atoms with Crippen molar-refractivity contribution in [2.24, 2.45) is 0 Å². The van der Waals surface area contributed by atoms with Crippen molar-refractivity contribution in [3.05, 3.63) is 36.0 Å². The molecule has 0 radical (unpaired) electrons. The fraction of sp³-hybridized carbons (Fsp3) is 0.308. The summed E-state index contributed by atoms with van der Waals surface area (Å²) in [4.78, 5) is 3.90. The number of rotatable bonds is 3. The van der Waals surface area contributed by atoms with Crippen molar-refractivity contribution in [1.82, 2.24) is 9.55 Å². The van der Waals surface area contributed by atoms with Gasteiger partial charge in [0.15, 0.2) is 0 Å². The SMILES string of the molecule is CC(C)n1c(N)cnc1Oc1ccccc1C(F)(F)F. The molecule has 0 aliphatic rings. The van der Waals surface area contributed by atoms with Crippen LogP contribution in [0.3, 0.4) is 0 Å². The molecule has 2 rings (SSSR count). The summed E-state index contributed by atoms with van der Waals surface area (Å²) in [6.45, 7) is 3.67. The molecule has 0 saturated carbocycles. The van der Waals surface area contributed by atoms with Crippen molar-refractivity contribution in [2.75, 3.05) is 5.73 Å². The Labute approximate surface area is 114 Å². The van der Waals surface area contributed by atoms with Gasteiger partial charge in [-0.25, -0.2) is 4.98 Å². The van der Waals surface area contributed by atoms with Crippen LogP contribution in [-0.2, 0) is 6.18 Å². The fourth-order valence-corrected chi connectivity index (χ4v) is 1.84. The maximum Gasteiger partial charge on any atom is 0.419 e. The van der Waals surface area contributed by atoms with Crippen LogP contribution in [0.15, 0.2) is 30.5 Å². The Morgan fingerprint density at radius 3 is 2.50 bits per heavy atom. The van der Waals surface area contributed by atoms with Crippen molar-refractivity contribution in [3.8, 4) is 11.8 Å². The molecular formula is C13H14F3N3O. The minimum Gasteiger partial charge on any atom is -0.425 e. The number of alkyl halides is 3. The van der Waals surface area contributed by atoms with Crippen LogP contribution < -0.4 is 10.5 Å². The van der Waals surface area contributed by atoms with Crippen LogP contribution in [0.5, 0.6) is 11.8 Å². The number of ether oxygens (including phenoxy) is 1. The van der Waals surface area contributed by atoms with E-state index in [1.807, 2.05) is 13.8 Å². The Morgan fingerprint density at radius 2 is 1.90 bits per heavy atom. The first-order valence-corrected chi connectivity index (χ1v) is 5.97. The van der Waals surface area contributed by atoms with Crippen LogP contribution in [-0.4, -0.2) is 9.55 Å². The normalized spacial score (nSPS) is 11.9. The number of nitrogen functional groups attached to an aromatic ring is 1. The lowest BCUT2D eigenvalue weighted by atomic mass is 10.2. The summed E-state index contributed by atoms with van der Waals surface area (Å²) in [5, 5.41) is 0. The van der Waals surface area contributed by atoms with E-state index in [1.54, 1.807) is 0 Å². The van der Waals surface area contributed by atoms with E-state index in [-0.39, 0.29) is 17.8 Å². The fourth-order valence-electron chi connectivity index (χ4n) is 1.84. The number of anilines is 1. The molecule has 0 aliphatic heterocycles. The first-order valence-electron chi connectivity index (χ1n) is 5.97. The predicted molar refractivity (Wildman–Crippen MR) is 68.5 cm³/mol. The predicted octanol–water partition coefficient (Wildman–Crippen LogP) is 3.86. The van der Waals surface area contributed by atoms with Gasteiger partial charge < -0.3 is 10.5 Å². The summed E-state index contributed by atoms with van der Waals surface area (Å²) >= 11 is 0. The number of para-hydroxylation sites is 1. The minimum atomic E-state index is -4.49. The van der Waals surface area contributed by atoms with Gasteiger partial charge in [0.25, 0.3) is 0 Å². The van der Waals surface area contributed by atoms with Gasteiger partial charge in [-0.3, -0.25) is 4.57 Å². The second kappa shape index (κ2) is 5.07. The van der Waals surface area contributed by atoms with Gasteiger partial charge in [0.05, 0.1) is 11.8 Å². The van der Waals surface area contributed by atoms with Crippen molar-refractivity contribution >= 4 is 5.82 Å². The zero-order valence-corrected chi connectivity index (χ0v) is 11.0. The highest BCUT2D eigenvalue weighted by molar-refractivity contribution is 5.39. The number of halogens is 3. The molecule has 4 nitrogen and oxygen atoms in total. The summed E-state index contributed by atoms with van der Waals surface area (Å²) in [5.74, 6) is 0.0342. The lowest BCUT2D eigenvalue weighted by Gasteiger charge is -2.16. The highest BCUT2D eigenvalue weighted by Gasteiger charge is 2.34. The minimum absolute atomic E-state index is 0.0363. The number of imidazole rings is 1. The van der Waals surface area contributed by atoms with E-state index in [0.717, 1.165) is 6.07 Å². The number of hydrogen-bond acceptors (Lipinski definition) is 3. The Balaban J connectivity index is 2.41. The summed E-state index contributed by atoms with van der Waals surface area (Å²) in [5.41, 5.74) is 4.87. The third-order valence-electron chi connectivity index (χ3n) is 2.70. The molecule has 2 aromatic rings. The van der Waals surface area contributed by atoms with E-state index in [4.69, 9.17) is 10.5 Å². The van der Waals surface area contributed by atoms with E-state index in [1.165, 1.54) is 29.0 Å². The standard InChI is InChI=1S/C13H14F3N3O/c1-8(2)19-11(17)7-18-12(19)20-10-6-4-3-5-9(10)13(14,15)16/h3-8H,17H2,1-2H3. The number of hydrogen-bond donors (Lipinski definition) is 1. The number of nitrogens with zero attached hydrogens (tertiary/aromatic N) is 2. The molecule has 0 aliphatic carbocycles. The topological polar surface area (TPSA) is 53.1 Å². The summed E-state index contributed by atoms with van der Waals surface area (Å²) < 4.78 is 45.5. The number of aromatic nitrogens is 2. The highest BCUT2D eigenvalue weighted by atomic mass is 19.4. The van der Waals surface area contributed by atoms with Crippen molar-refractivity contribution < 1.29 is 17.9 Å². The van der Waals surface area contributed by atoms with Crippen LogP contribution in [0.1, 0.15) is 25.5 Å². The second-order valence-electron chi connectivity index (χ2n) is 4.53. The Hall–Kier alpha value is -2.18. The summed E-state index contributed by atoms with van der Waals surface area (Å²) in [7, 11) is 0. The molecule has 0 bridgehead atoms. The average molecular weight is 285 g/mol. The first kappa shape index (κ1) is 14.2. The molecular weight excluding hydrogens is 271 g/mol. The summed E-state index contributed by atoms with van der Waals surface area (Å²) in [6, 6.07) is 4.94. The van der Waals surface area contributed by atoms with Gasteiger partial charge in [0.2, 0.25) is 0 Å². The third-order valence-corrected chi connectivity index (χ3v) is 2.70. The van der Waals surface area contributed by atoms with Gasteiger partial charge in [-0.2, -0.15) is 13.2 Å². The van der Waals surface area contributed by atoms with E-state index < -0.39 is 11.7 Å². The molecule has 7 heteroatoms. The molecule has 0 amide bonds. The molecule has 2 N–H and O–H groups in total. The zero-order chi connectivity index (χ0) is 14.9. The highest BCUT2D eigenvalue weighted by Crippen LogP contribution is 2.38. The van der Waals surface area contributed by atoms with Gasteiger partial charge in [-0.05, 0) is 26.0 Å². The molecule has 1 heterocycles. The van der Waals surface area contributed by atoms with E-state index in [0.29, 0.717) is 5.82 Å². The molecule has 0 saturated heterocycles. The molecule has 1 aromatic carbocycles. The van der Waals surface area contributed by atoms with E-state index >= 15 is 0 Å². The lowest BCUT2D eigenvalue weighted by molar-refractivity contribution is -0.138. The molecule has 0 fully saturated rings. The second-order valence-corrected chi connectivity index (χ2v) is 4.53. The van der Waals surface area contributed by atoms with Crippen LogP contribution in [0, 0.1) is 0 Å². The van der Waals surface area contributed by atoms with E-state index in [2.05, 4.69) is 4.98 Å². The molecule has 0 atom stereocenters. The third kappa shape index (κ3) is 2.71. The maximum absolute atomic E-state index is 12.9. The monoisotopic (exact) mass is 285 g/mol. The van der Waals surface area contributed by atoms with Crippen LogP contribution in [0.2, 0.25) is 0 Å². The van der Waals surface area contributed by atoms with Crippen LogP contribution in [0.25, 0.3) is 0 Å². The van der Waals surface area contributed by atoms with Crippen molar-refractivity contribution in [3.63, 3.8) is 0 Å². The van der Waals surface area contributed by atoms with Crippen LogP contribution >= 0.6 is 0 Å². The largest absolute Gasteiger partial charge is 0.425 e. The van der Waals surface area contributed by atoms with Crippen LogP contribution in [0.4, 0.5) is 19.0 Å². The summed E-state index contributed by atoms with van der Waals surface area (Å²) in [6.07, 6.45) is -3.14. The number of benzene rings is 1. The van der Waals surface area contributed by atoms with Gasteiger partial charge >= 0.3 is 12.2 Å². The quantitative estimate of drug-likeness (QED) is 0.931. The Kier molecular flexibility index (Phi) is 3.61. The number of nitrogens with two attached hydrogens (primary N) is 1. The van der Waals surface area contributed by atoms with Crippen molar-refractivity contribution in [2.45, 2.75) is 26.1 Å². The first-order chi connectivity index (χ1) is 9.30. The van der Waals surface area contributed by atoms with E-state index in [9.17, 15) is 13.2 Å². The Bertz CT molecular complexity index is 605. The molecule has 1 aromatic heterocycles. The van der Waals surface area contributed by atoms with Gasteiger partial charge in [0.1, 0.15) is 11.6 Å². The van der Waals surface area contributed by atoms with Gasteiger partial charge in [-0.1, -0.05) is 12.1 Å². The maximum atomic E-state index is 12.9. The molecule has 0 unspecified atom stereocenters. The van der Waals surface area contributed by atoms with Gasteiger partial charge in [-0.15, -0.1) is 0 Å². The zero-order valence-electron chi connectivity index (χ0n) is 11.0. The molecule has 108 valence electrons. The lowest BCUT2D eigenvalue weighted by Crippen LogP contribution is -2.10. The smallest absolute Gasteiger partial charge is 0.419 e. The molecule has 20 heavy (non-hydrogen) atoms.